The van der Waals surface area contributed by atoms with Gasteiger partial charge in [-0.05, 0) is 82.7 Å². The van der Waals surface area contributed by atoms with E-state index in [2.05, 4.69) is 27.0 Å². The second-order valence-electron chi connectivity index (χ2n) is 7.28. The van der Waals surface area contributed by atoms with Gasteiger partial charge in [0.25, 0.3) is 5.91 Å². The van der Waals surface area contributed by atoms with Crippen molar-refractivity contribution in [3.05, 3.63) is 97.8 Å². The van der Waals surface area contributed by atoms with E-state index in [0.29, 0.717) is 38.6 Å². The molecule has 8 heteroatoms. The van der Waals surface area contributed by atoms with Crippen LogP contribution in [0.5, 0.6) is 5.75 Å². The molecule has 1 aliphatic heterocycles. The molecule has 0 radical (unpaired) electrons. The van der Waals surface area contributed by atoms with E-state index in [0.717, 1.165) is 15.6 Å². The molecule has 0 spiro atoms. The quantitative estimate of drug-likeness (QED) is 0.304. The highest BCUT2D eigenvalue weighted by Crippen LogP contribution is 2.35. The van der Waals surface area contributed by atoms with Crippen LogP contribution in [-0.2, 0) is 11.4 Å². The summed E-state index contributed by atoms with van der Waals surface area (Å²) in [4.78, 5) is 19.9. The number of amidine groups is 1. The molecular weight excluding hydrogens is 534 g/mol. The number of rotatable bonds is 6. The predicted octanol–water partition coefficient (Wildman–Crippen LogP) is 7.18. The van der Waals surface area contributed by atoms with Gasteiger partial charge in [0.05, 0.1) is 27.2 Å². The highest BCUT2D eigenvalue weighted by atomic mass is 79.9. The molecule has 34 heavy (non-hydrogen) atoms. The maximum Gasteiger partial charge on any atom is 0.266 e. The summed E-state index contributed by atoms with van der Waals surface area (Å²) in [6.45, 7) is 2.71. The average Bonchev–Trinajstić information content (AvgIpc) is 3.14. The number of hydrogen-bond acceptors (Lipinski definition) is 5. The molecule has 0 aliphatic carbocycles. The number of ether oxygens (including phenoxy) is 1. The van der Waals surface area contributed by atoms with E-state index < -0.39 is 0 Å². The highest BCUT2D eigenvalue weighted by Gasteiger charge is 2.32. The lowest BCUT2D eigenvalue weighted by atomic mass is 10.1. The van der Waals surface area contributed by atoms with E-state index in [-0.39, 0.29) is 12.5 Å². The molecule has 0 unspecified atom stereocenters. The minimum atomic E-state index is -0.0938. The maximum atomic E-state index is 13.0. The normalized spacial score (nSPS) is 15.7. The third kappa shape index (κ3) is 5.53. The molecule has 3 aromatic carbocycles. The fourth-order valence-corrected chi connectivity index (χ4v) is 4.78. The third-order valence-electron chi connectivity index (χ3n) is 5.02. The van der Waals surface area contributed by atoms with Gasteiger partial charge in [-0.25, -0.2) is 4.99 Å². The number of nitrogens with zero attached hydrogens (tertiary/aromatic N) is 3. The zero-order chi connectivity index (χ0) is 24.1. The lowest BCUT2D eigenvalue weighted by molar-refractivity contribution is -0.122. The fourth-order valence-electron chi connectivity index (χ4n) is 3.30. The minimum absolute atomic E-state index is 0.0938. The molecule has 0 saturated carbocycles. The van der Waals surface area contributed by atoms with Gasteiger partial charge in [-0.3, -0.25) is 9.69 Å². The van der Waals surface area contributed by atoms with Crippen molar-refractivity contribution in [1.82, 2.24) is 4.90 Å². The van der Waals surface area contributed by atoms with Crippen LogP contribution in [0.15, 0.2) is 81.1 Å². The molecule has 0 N–H and O–H groups in total. The van der Waals surface area contributed by atoms with E-state index in [1.165, 1.54) is 11.8 Å². The first-order valence-electron chi connectivity index (χ1n) is 10.4. The second kappa shape index (κ2) is 10.9. The second-order valence-corrected chi connectivity index (χ2v) is 9.55. The Morgan fingerprint density at radius 1 is 1.18 bits per heavy atom. The van der Waals surface area contributed by atoms with Crippen molar-refractivity contribution in [2.24, 2.45) is 4.99 Å². The van der Waals surface area contributed by atoms with Crippen molar-refractivity contribution in [3.8, 4) is 11.8 Å². The van der Waals surface area contributed by atoms with Crippen LogP contribution in [0.25, 0.3) is 6.08 Å². The molecule has 1 aliphatic rings. The van der Waals surface area contributed by atoms with Crippen LogP contribution in [0.1, 0.15) is 23.6 Å². The van der Waals surface area contributed by atoms with Gasteiger partial charge < -0.3 is 4.74 Å². The van der Waals surface area contributed by atoms with Crippen LogP contribution in [0.3, 0.4) is 0 Å². The Kier molecular flexibility index (Phi) is 7.73. The predicted molar refractivity (Wildman–Crippen MR) is 141 cm³/mol. The number of thioether (sulfide) groups is 1. The zero-order valence-corrected chi connectivity index (χ0v) is 21.3. The number of likely N-dealkylation sites (N-methyl/N-ethyl adjacent to an activating group) is 1. The largest absolute Gasteiger partial charge is 0.489 e. The molecule has 1 heterocycles. The van der Waals surface area contributed by atoms with Crippen LogP contribution in [0, 0.1) is 11.3 Å². The van der Waals surface area contributed by atoms with Gasteiger partial charge in [-0.15, -0.1) is 0 Å². The van der Waals surface area contributed by atoms with E-state index in [4.69, 9.17) is 16.3 Å². The minimum Gasteiger partial charge on any atom is -0.489 e. The Labute approximate surface area is 215 Å². The number of hydrogen-bond donors (Lipinski definition) is 0. The summed E-state index contributed by atoms with van der Waals surface area (Å²) in [6, 6.07) is 22.5. The number of halogens is 2. The number of amides is 1. The van der Waals surface area contributed by atoms with Gasteiger partial charge in [-0.2, -0.15) is 5.26 Å². The molecule has 0 atom stereocenters. The Bertz CT molecular complexity index is 1350. The van der Waals surface area contributed by atoms with Gasteiger partial charge in [0.15, 0.2) is 5.17 Å². The number of aliphatic imine (C=N–C) groups is 1. The first-order chi connectivity index (χ1) is 16.5. The molecular formula is C26H19BrClN3O2S. The molecule has 4 rings (SSSR count). The van der Waals surface area contributed by atoms with E-state index >= 15 is 0 Å². The van der Waals surface area contributed by atoms with Crippen molar-refractivity contribution in [1.29, 1.82) is 5.26 Å². The lowest BCUT2D eigenvalue weighted by Gasteiger charge is -2.12. The average molecular weight is 553 g/mol. The van der Waals surface area contributed by atoms with Crippen molar-refractivity contribution in [2.75, 3.05) is 6.54 Å². The first kappa shape index (κ1) is 24.1. The summed E-state index contributed by atoms with van der Waals surface area (Å²) < 4.78 is 6.70. The number of benzene rings is 3. The van der Waals surface area contributed by atoms with E-state index in [1.807, 2.05) is 67.6 Å². The molecule has 170 valence electrons. The third-order valence-corrected chi connectivity index (χ3v) is 7.26. The van der Waals surface area contributed by atoms with Gasteiger partial charge in [0.1, 0.15) is 12.4 Å². The van der Waals surface area contributed by atoms with Crippen molar-refractivity contribution >= 4 is 62.1 Å². The molecule has 1 saturated heterocycles. The smallest absolute Gasteiger partial charge is 0.266 e. The van der Waals surface area contributed by atoms with Gasteiger partial charge >= 0.3 is 0 Å². The Balaban J connectivity index is 1.54. The van der Waals surface area contributed by atoms with Gasteiger partial charge in [0.2, 0.25) is 0 Å². The molecule has 5 nitrogen and oxygen atoms in total. The molecule has 0 aromatic heterocycles. The topological polar surface area (TPSA) is 65.7 Å². The standard InChI is InChI=1S/C26H19BrClN3O2S/c1-2-31-25(32)24(34-26(31)30-20-10-11-22(27)23(28)14-20)13-17-6-5-9-21(12-17)33-16-19-8-4-3-7-18(19)15-29/h3-14H,2,16H2,1H3/b24-13+,30-26?. The summed E-state index contributed by atoms with van der Waals surface area (Å²) in [5.74, 6) is 0.562. The van der Waals surface area contributed by atoms with Crippen molar-refractivity contribution in [2.45, 2.75) is 13.5 Å². The summed E-state index contributed by atoms with van der Waals surface area (Å²) in [7, 11) is 0. The van der Waals surface area contributed by atoms with E-state index in [1.54, 1.807) is 17.0 Å². The highest BCUT2D eigenvalue weighted by molar-refractivity contribution is 9.10. The van der Waals surface area contributed by atoms with Gasteiger partial charge in [0, 0.05) is 16.6 Å². The monoisotopic (exact) mass is 551 g/mol. The zero-order valence-electron chi connectivity index (χ0n) is 18.2. The van der Waals surface area contributed by atoms with Crippen molar-refractivity contribution in [3.63, 3.8) is 0 Å². The fraction of sp³-hybridized carbons (Fsp3) is 0.115. The maximum absolute atomic E-state index is 13.0. The van der Waals surface area contributed by atoms with Gasteiger partial charge in [-0.1, -0.05) is 41.9 Å². The number of carbonyl (C=O) groups excluding carboxylic acids is 1. The lowest BCUT2D eigenvalue weighted by Crippen LogP contribution is -2.28. The van der Waals surface area contributed by atoms with E-state index in [9.17, 15) is 10.1 Å². The Morgan fingerprint density at radius 2 is 2.00 bits per heavy atom. The summed E-state index contributed by atoms with van der Waals surface area (Å²) >= 11 is 10.9. The SMILES string of the molecule is CCN1C(=O)/C(=C\c2cccc(OCc3ccccc3C#N)c2)SC1=Nc1ccc(Br)c(Cl)c1. The van der Waals surface area contributed by atoms with Crippen molar-refractivity contribution < 1.29 is 9.53 Å². The van der Waals surface area contributed by atoms with Crippen LogP contribution in [-0.4, -0.2) is 22.5 Å². The molecule has 1 fully saturated rings. The Morgan fingerprint density at radius 3 is 2.76 bits per heavy atom. The number of carbonyl (C=O) groups is 1. The summed E-state index contributed by atoms with van der Waals surface area (Å²) in [6.07, 6.45) is 1.84. The van der Waals surface area contributed by atoms with Crippen LogP contribution < -0.4 is 4.74 Å². The van der Waals surface area contributed by atoms with Crippen LogP contribution in [0.4, 0.5) is 5.69 Å². The molecule has 1 amide bonds. The van der Waals surface area contributed by atoms with Crippen LogP contribution >= 0.6 is 39.3 Å². The summed E-state index contributed by atoms with van der Waals surface area (Å²) in [5, 5.41) is 10.4. The Hall–Kier alpha value is -3.05. The summed E-state index contributed by atoms with van der Waals surface area (Å²) in [5.41, 5.74) is 2.93. The number of nitriles is 1. The van der Waals surface area contributed by atoms with Crippen LogP contribution in [0.2, 0.25) is 5.02 Å². The molecule has 3 aromatic rings. The molecule has 0 bridgehead atoms. The first-order valence-corrected chi connectivity index (χ1v) is 12.4.